The number of amides is 2. The molecular formula is C25H36N2O2. The van der Waals surface area contributed by atoms with E-state index in [2.05, 4.69) is 17.0 Å². The van der Waals surface area contributed by atoms with Crippen molar-refractivity contribution in [2.75, 3.05) is 26.2 Å². The lowest BCUT2D eigenvalue weighted by Gasteiger charge is -2.33. The van der Waals surface area contributed by atoms with Crippen molar-refractivity contribution >= 4 is 11.8 Å². The molecule has 2 heterocycles. The van der Waals surface area contributed by atoms with Gasteiger partial charge in [-0.05, 0) is 74.5 Å². The molecule has 4 heteroatoms. The van der Waals surface area contributed by atoms with Crippen LogP contribution in [0.4, 0.5) is 0 Å². The van der Waals surface area contributed by atoms with Gasteiger partial charge in [-0.1, -0.05) is 31.4 Å². The monoisotopic (exact) mass is 396 g/mol. The maximum absolute atomic E-state index is 12.6. The number of nitrogens with zero attached hydrogens (tertiary/aromatic N) is 2. The Morgan fingerprint density at radius 2 is 1.38 bits per heavy atom. The molecular weight excluding hydrogens is 360 g/mol. The number of hydrogen-bond acceptors (Lipinski definition) is 2. The van der Waals surface area contributed by atoms with Crippen LogP contribution in [-0.4, -0.2) is 47.8 Å². The molecule has 158 valence electrons. The Balaban J connectivity index is 1.22. The summed E-state index contributed by atoms with van der Waals surface area (Å²) >= 11 is 0. The van der Waals surface area contributed by atoms with E-state index in [0.717, 1.165) is 70.3 Å². The highest BCUT2D eigenvalue weighted by molar-refractivity contribution is 5.94. The molecule has 0 spiro atoms. The largest absolute Gasteiger partial charge is 0.343 e. The van der Waals surface area contributed by atoms with E-state index in [9.17, 15) is 9.59 Å². The fourth-order valence-corrected chi connectivity index (χ4v) is 5.37. The van der Waals surface area contributed by atoms with Crippen LogP contribution in [0.2, 0.25) is 0 Å². The van der Waals surface area contributed by atoms with Gasteiger partial charge in [0.25, 0.3) is 5.91 Å². The molecule has 0 N–H and O–H groups in total. The van der Waals surface area contributed by atoms with Gasteiger partial charge in [0.1, 0.15) is 0 Å². The van der Waals surface area contributed by atoms with Crippen molar-refractivity contribution in [2.24, 2.45) is 11.8 Å². The molecule has 3 aliphatic rings. The van der Waals surface area contributed by atoms with E-state index in [4.69, 9.17) is 0 Å². The Kier molecular flexibility index (Phi) is 6.89. The van der Waals surface area contributed by atoms with Gasteiger partial charge < -0.3 is 9.80 Å². The summed E-state index contributed by atoms with van der Waals surface area (Å²) < 4.78 is 0. The smallest absolute Gasteiger partial charge is 0.253 e. The molecule has 2 amide bonds. The zero-order chi connectivity index (χ0) is 20.1. The Hall–Kier alpha value is -1.84. The molecule has 0 radical (unpaired) electrons. The fraction of sp³-hybridized carbons (Fsp3) is 0.680. The number of carbonyl (C=O) groups excluding carboxylic acids is 2. The molecule has 1 saturated carbocycles. The first-order chi connectivity index (χ1) is 14.2. The summed E-state index contributed by atoms with van der Waals surface area (Å²) in [4.78, 5) is 29.2. The highest BCUT2D eigenvalue weighted by Gasteiger charge is 2.26. The standard InChI is InChI=1S/C25H36N2O2/c28-24(19-20-6-2-1-3-7-20)26-16-12-22(13-17-26)18-21-8-10-23(11-9-21)25(29)27-14-4-5-15-27/h8-11,20,22H,1-7,12-19H2. The Morgan fingerprint density at radius 1 is 0.724 bits per heavy atom. The van der Waals surface area contributed by atoms with Crippen LogP contribution in [0.5, 0.6) is 0 Å². The normalized spacial score (nSPS) is 21.5. The molecule has 29 heavy (non-hydrogen) atoms. The predicted octanol–water partition coefficient (Wildman–Crippen LogP) is 4.67. The van der Waals surface area contributed by atoms with E-state index in [0.29, 0.717) is 17.7 Å². The highest BCUT2D eigenvalue weighted by Crippen LogP contribution is 2.28. The molecule has 2 aliphatic heterocycles. The van der Waals surface area contributed by atoms with E-state index in [-0.39, 0.29) is 5.91 Å². The third-order valence-corrected chi connectivity index (χ3v) is 7.27. The first kappa shape index (κ1) is 20.4. The molecule has 1 aromatic carbocycles. The fourth-order valence-electron chi connectivity index (χ4n) is 5.37. The van der Waals surface area contributed by atoms with Crippen LogP contribution in [0, 0.1) is 11.8 Å². The van der Waals surface area contributed by atoms with E-state index in [1.54, 1.807) is 0 Å². The Morgan fingerprint density at radius 3 is 2.03 bits per heavy atom. The van der Waals surface area contributed by atoms with Crippen LogP contribution in [0.15, 0.2) is 24.3 Å². The second-order valence-corrected chi connectivity index (χ2v) is 9.43. The van der Waals surface area contributed by atoms with Crippen LogP contribution in [-0.2, 0) is 11.2 Å². The van der Waals surface area contributed by atoms with Gasteiger partial charge in [-0.15, -0.1) is 0 Å². The molecule has 1 aromatic rings. The third kappa shape index (κ3) is 5.40. The minimum atomic E-state index is 0.179. The average molecular weight is 397 g/mol. The SMILES string of the molecule is O=C(CC1CCCCC1)N1CCC(Cc2ccc(C(=O)N3CCCC3)cc2)CC1. The predicted molar refractivity (Wildman–Crippen MR) is 116 cm³/mol. The average Bonchev–Trinajstić information content (AvgIpc) is 3.30. The molecule has 4 rings (SSSR count). The van der Waals surface area contributed by atoms with Crippen LogP contribution in [0.1, 0.15) is 80.1 Å². The van der Waals surface area contributed by atoms with Crippen molar-refractivity contribution in [1.82, 2.24) is 9.80 Å². The summed E-state index contributed by atoms with van der Waals surface area (Å²) in [6.07, 6.45) is 12.8. The summed E-state index contributed by atoms with van der Waals surface area (Å²) in [5, 5.41) is 0. The number of likely N-dealkylation sites (tertiary alicyclic amines) is 2. The molecule has 0 aromatic heterocycles. The lowest BCUT2D eigenvalue weighted by atomic mass is 9.86. The lowest BCUT2D eigenvalue weighted by Crippen LogP contribution is -2.39. The van der Waals surface area contributed by atoms with Gasteiger partial charge >= 0.3 is 0 Å². The number of benzene rings is 1. The summed E-state index contributed by atoms with van der Waals surface area (Å²) in [7, 11) is 0. The van der Waals surface area contributed by atoms with Crippen molar-refractivity contribution in [3.05, 3.63) is 35.4 Å². The number of hydrogen-bond donors (Lipinski definition) is 0. The first-order valence-corrected chi connectivity index (χ1v) is 11.8. The van der Waals surface area contributed by atoms with Gasteiger partial charge in [0.15, 0.2) is 0 Å². The summed E-state index contributed by atoms with van der Waals surface area (Å²) in [6, 6.07) is 8.26. The van der Waals surface area contributed by atoms with Crippen molar-refractivity contribution < 1.29 is 9.59 Å². The first-order valence-electron chi connectivity index (χ1n) is 11.8. The van der Waals surface area contributed by atoms with E-state index < -0.39 is 0 Å². The number of rotatable bonds is 5. The molecule has 0 atom stereocenters. The maximum Gasteiger partial charge on any atom is 0.253 e. The van der Waals surface area contributed by atoms with Gasteiger partial charge in [-0.3, -0.25) is 9.59 Å². The van der Waals surface area contributed by atoms with Gasteiger partial charge in [-0.2, -0.15) is 0 Å². The lowest BCUT2D eigenvalue weighted by molar-refractivity contribution is -0.133. The summed E-state index contributed by atoms with van der Waals surface area (Å²) in [5.41, 5.74) is 2.13. The van der Waals surface area contributed by atoms with Crippen LogP contribution in [0.3, 0.4) is 0 Å². The van der Waals surface area contributed by atoms with Crippen molar-refractivity contribution in [3.8, 4) is 0 Å². The van der Waals surface area contributed by atoms with Gasteiger partial charge in [0, 0.05) is 38.2 Å². The second kappa shape index (κ2) is 9.77. The Bertz CT molecular complexity index is 679. The number of piperidine rings is 1. The van der Waals surface area contributed by atoms with E-state index in [1.165, 1.54) is 37.7 Å². The zero-order valence-electron chi connectivity index (χ0n) is 17.8. The molecule has 1 aliphatic carbocycles. The number of carbonyl (C=O) groups is 2. The van der Waals surface area contributed by atoms with Gasteiger partial charge in [-0.25, -0.2) is 0 Å². The van der Waals surface area contributed by atoms with Crippen molar-refractivity contribution in [2.45, 2.75) is 70.6 Å². The van der Waals surface area contributed by atoms with Crippen LogP contribution < -0.4 is 0 Å². The van der Waals surface area contributed by atoms with E-state index >= 15 is 0 Å². The topological polar surface area (TPSA) is 40.6 Å². The molecule has 4 nitrogen and oxygen atoms in total. The molecule has 2 saturated heterocycles. The quantitative estimate of drug-likeness (QED) is 0.725. The highest BCUT2D eigenvalue weighted by atomic mass is 16.2. The van der Waals surface area contributed by atoms with Gasteiger partial charge in [0.2, 0.25) is 5.91 Å². The summed E-state index contributed by atoms with van der Waals surface area (Å²) in [6.45, 7) is 3.64. The van der Waals surface area contributed by atoms with Crippen molar-refractivity contribution in [1.29, 1.82) is 0 Å². The van der Waals surface area contributed by atoms with Crippen LogP contribution in [0.25, 0.3) is 0 Å². The molecule has 0 unspecified atom stereocenters. The zero-order valence-corrected chi connectivity index (χ0v) is 17.8. The van der Waals surface area contributed by atoms with Crippen LogP contribution >= 0.6 is 0 Å². The Labute approximate surface area is 175 Å². The maximum atomic E-state index is 12.6. The minimum absolute atomic E-state index is 0.179. The van der Waals surface area contributed by atoms with Crippen molar-refractivity contribution in [3.63, 3.8) is 0 Å². The van der Waals surface area contributed by atoms with E-state index in [1.807, 2.05) is 17.0 Å². The summed E-state index contributed by atoms with van der Waals surface area (Å²) in [5.74, 6) is 1.85. The van der Waals surface area contributed by atoms with Gasteiger partial charge in [0.05, 0.1) is 0 Å². The molecule has 3 fully saturated rings. The molecule has 0 bridgehead atoms. The second-order valence-electron chi connectivity index (χ2n) is 9.43. The minimum Gasteiger partial charge on any atom is -0.343 e. The third-order valence-electron chi connectivity index (χ3n) is 7.27.